The molecule has 0 spiro atoms. The molecule has 2 nitrogen and oxygen atoms in total. The molecule has 84 valence electrons. The summed E-state index contributed by atoms with van der Waals surface area (Å²) in [4.78, 5) is 6.57. The van der Waals surface area contributed by atoms with E-state index in [9.17, 15) is 0 Å². The van der Waals surface area contributed by atoms with Crippen LogP contribution in [0.3, 0.4) is 0 Å². The Hall–Kier alpha value is -0.760. The number of rotatable bonds is 5. The van der Waals surface area contributed by atoms with E-state index in [0.717, 1.165) is 18.7 Å². The summed E-state index contributed by atoms with van der Waals surface area (Å²) in [6.07, 6.45) is 2.98. The van der Waals surface area contributed by atoms with E-state index in [4.69, 9.17) is 11.6 Å². The van der Waals surface area contributed by atoms with Crippen LogP contribution in [0.5, 0.6) is 0 Å². The van der Waals surface area contributed by atoms with Gasteiger partial charge in [-0.3, -0.25) is 4.98 Å². The van der Waals surface area contributed by atoms with Crippen LogP contribution in [0.25, 0.3) is 0 Å². The summed E-state index contributed by atoms with van der Waals surface area (Å²) in [7, 11) is 0. The third kappa shape index (κ3) is 3.38. The van der Waals surface area contributed by atoms with Crippen LogP contribution < -0.4 is 4.90 Å². The van der Waals surface area contributed by atoms with Crippen LogP contribution in [-0.4, -0.2) is 17.6 Å². The van der Waals surface area contributed by atoms with Crippen molar-refractivity contribution in [2.75, 3.05) is 11.4 Å². The van der Waals surface area contributed by atoms with Crippen molar-refractivity contribution >= 4 is 17.3 Å². The largest absolute Gasteiger partial charge is 0.369 e. The first-order chi connectivity index (χ1) is 7.19. The van der Waals surface area contributed by atoms with E-state index in [-0.39, 0.29) is 0 Å². The first kappa shape index (κ1) is 12.3. The summed E-state index contributed by atoms with van der Waals surface area (Å²) in [5.74, 6) is 0.478. The van der Waals surface area contributed by atoms with E-state index in [1.54, 1.807) is 0 Å². The number of hydrogen-bond donors (Lipinski definition) is 0. The van der Waals surface area contributed by atoms with Crippen LogP contribution in [0, 0.1) is 0 Å². The molecule has 1 heterocycles. The quantitative estimate of drug-likeness (QED) is 0.715. The number of aromatic nitrogens is 1. The second kappa shape index (κ2) is 5.96. The van der Waals surface area contributed by atoms with Gasteiger partial charge >= 0.3 is 0 Å². The number of pyridine rings is 1. The van der Waals surface area contributed by atoms with Crippen molar-refractivity contribution in [2.45, 2.75) is 39.1 Å². The Morgan fingerprint density at radius 1 is 1.47 bits per heavy atom. The number of anilines is 1. The molecule has 0 unspecified atom stereocenters. The number of nitrogens with zero attached hydrogens (tertiary/aromatic N) is 2. The smallest absolute Gasteiger partial charge is 0.0648 e. The lowest BCUT2D eigenvalue weighted by molar-refractivity contribution is 0.670. The highest BCUT2D eigenvalue weighted by Crippen LogP contribution is 2.18. The Bertz CT molecular complexity index is 299. The third-order valence-corrected chi connectivity index (χ3v) is 2.63. The van der Waals surface area contributed by atoms with Crippen LogP contribution >= 0.6 is 11.6 Å². The van der Waals surface area contributed by atoms with Gasteiger partial charge in [-0.2, -0.15) is 0 Å². The number of hydrogen-bond acceptors (Lipinski definition) is 2. The highest BCUT2D eigenvalue weighted by atomic mass is 35.5. The Kier molecular flexibility index (Phi) is 4.89. The zero-order valence-electron chi connectivity index (χ0n) is 9.70. The van der Waals surface area contributed by atoms with Gasteiger partial charge in [0.2, 0.25) is 0 Å². The van der Waals surface area contributed by atoms with Crippen LogP contribution in [0.4, 0.5) is 5.69 Å². The summed E-state index contributed by atoms with van der Waals surface area (Å²) < 4.78 is 0. The molecule has 0 radical (unpaired) electrons. The molecule has 1 aromatic heterocycles. The molecule has 3 heteroatoms. The second-order valence-corrected chi connectivity index (χ2v) is 4.19. The molecule has 0 saturated heterocycles. The van der Waals surface area contributed by atoms with Crippen molar-refractivity contribution in [1.29, 1.82) is 0 Å². The van der Waals surface area contributed by atoms with Gasteiger partial charge in [-0.25, -0.2) is 0 Å². The van der Waals surface area contributed by atoms with Gasteiger partial charge < -0.3 is 4.90 Å². The van der Waals surface area contributed by atoms with Crippen molar-refractivity contribution in [3.63, 3.8) is 0 Å². The molecule has 0 aliphatic heterocycles. The zero-order valence-corrected chi connectivity index (χ0v) is 10.5. The maximum Gasteiger partial charge on any atom is 0.0648 e. The SMILES string of the molecule is CCCN(c1ccnc(CCl)c1)C(C)C. The molecule has 15 heavy (non-hydrogen) atoms. The fourth-order valence-electron chi connectivity index (χ4n) is 1.64. The van der Waals surface area contributed by atoms with Gasteiger partial charge in [0.25, 0.3) is 0 Å². The van der Waals surface area contributed by atoms with Crippen LogP contribution in [0.1, 0.15) is 32.9 Å². The lowest BCUT2D eigenvalue weighted by Crippen LogP contribution is -2.31. The molecular formula is C12H19ClN2. The first-order valence-corrected chi connectivity index (χ1v) is 6.00. The Labute approximate surface area is 97.3 Å². The zero-order chi connectivity index (χ0) is 11.3. The maximum absolute atomic E-state index is 5.78. The third-order valence-electron chi connectivity index (χ3n) is 2.36. The molecular weight excluding hydrogens is 208 g/mol. The van der Waals surface area contributed by atoms with Crippen molar-refractivity contribution in [3.8, 4) is 0 Å². The maximum atomic E-state index is 5.78. The Morgan fingerprint density at radius 2 is 2.20 bits per heavy atom. The van der Waals surface area contributed by atoms with Crippen molar-refractivity contribution in [1.82, 2.24) is 4.98 Å². The normalized spacial score (nSPS) is 10.7. The molecule has 0 N–H and O–H groups in total. The van der Waals surface area contributed by atoms with Gasteiger partial charge in [0.15, 0.2) is 0 Å². The van der Waals surface area contributed by atoms with E-state index < -0.39 is 0 Å². The van der Waals surface area contributed by atoms with Crippen LogP contribution in [0.2, 0.25) is 0 Å². The lowest BCUT2D eigenvalue weighted by Gasteiger charge is -2.28. The molecule has 1 aromatic rings. The van der Waals surface area contributed by atoms with Crippen molar-refractivity contribution in [2.24, 2.45) is 0 Å². The van der Waals surface area contributed by atoms with E-state index >= 15 is 0 Å². The highest BCUT2D eigenvalue weighted by Gasteiger charge is 2.09. The molecule has 0 aromatic carbocycles. The van der Waals surface area contributed by atoms with Gasteiger partial charge in [-0.1, -0.05) is 6.92 Å². The molecule has 0 atom stereocenters. The number of halogens is 1. The molecule has 0 bridgehead atoms. The molecule has 0 amide bonds. The van der Waals surface area contributed by atoms with Crippen LogP contribution in [-0.2, 0) is 5.88 Å². The topological polar surface area (TPSA) is 16.1 Å². The second-order valence-electron chi connectivity index (χ2n) is 3.93. The summed E-state index contributed by atoms with van der Waals surface area (Å²) in [6.45, 7) is 7.68. The molecule has 1 rings (SSSR count). The van der Waals surface area contributed by atoms with Gasteiger partial charge in [-0.05, 0) is 32.4 Å². The van der Waals surface area contributed by atoms with Gasteiger partial charge in [-0.15, -0.1) is 11.6 Å². The minimum Gasteiger partial charge on any atom is -0.369 e. The average Bonchev–Trinajstić information content (AvgIpc) is 2.25. The highest BCUT2D eigenvalue weighted by molar-refractivity contribution is 6.16. The monoisotopic (exact) mass is 226 g/mol. The van der Waals surface area contributed by atoms with E-state index in [1.165, 1.54) is 5.69 Å². The summed E-state index contributed by atoms with van der Waals surface area (Å²) >= 11 is 5.78. The average molecular weight is 227 g/mol. The number of alkyl halides is 1. The Balaban J connectivity index is 2.89. The van der Waals surface area contributed by atoms with E-state index in [0.29, 0.717) is 11.9 Å². The molecule has 0 saturated carbocycles. The van der Waals surface area contributed by atoms with E-state index in [2.05, 4.69) is 36.7 Å². The minimum atomic E-state index is 0.478. The molecule has 0 aliphatic carbocycles. The van der Waals surface area contributed by atoms with E-state index in [1.807, 2.05) is 12.3 Å². The van der Waals surface area contributed by atoms with Crippen molar-refractivity contribution < 1.29 is 0 Å². The van der Waals surface area contributed by atoms with Gasteiger partial charge in [0, 0.05) is 24.5 Å². The van der Waals surface area contributed by atoms with Gasteiger partial charge in [0.1, 0.15) is 0 Å². The summed E-state index contributed by atoms with van der Waals surface area (Å²) in [5, 5.41) is 0. The Morgan fingerprint density at radius 3 is 2.73 bits per heavy atom. The minimum absolute atomic E-state index is 0.478. The molecule has 0 aliphatic rings. The standard InChI is InChI=1S/C12H19ClN2/c1-4-7-15(10(2)3)12-5-6-14-11(8-12)9-13/h5-6,8,10H,4,7,9H2,1-3H3. The van der Waals surface area contributed by atoms with Crippen LogP contribution in [0.15, 0.2) is 18.3 Å². The predicted molar refractivity (Wildman–Crippen MR) is 66.6 cm³/mol. The predicted octanol–water partition coefficient (Wildman–Crippen LogP) is 3.45. The van der Waals surface area contributed by atoms with Crippen molar-refractivity contribution in [3.05, 3.63) is 24.0 Å². The molecule has 0 fully saturated rings. The van der Waals surface area contributed by atoms with Gasteiger partial charge in [0.05, 0.1) is 11.6 Å². The summed E-state index contributed by atoms with van der Waals surface area (Å²) in [6, 6.07) is 4.63. The fourth-order valence-corrected chi connectivity index (χ4v) is 1.79. The lowest BCUT2D eigenvalue weighted by atomic mass is 10.2. The fraction of sp³-hybridized carbons (Fsp3) is 0.583. The first-order valence-electron chi connectivity index (χ1n) is 5.46. The summed E-state index contributed by atoms with van der Waals surface area (Å²) in [5.41, 5.74) is 2.16.